The van der Waals surface area contributed by atoms with Gasteiger partial charge in [0.25, 0.3) is 5.91 Å². The molecule has 28 heavy (non-hydrogen) atoms. The van der Waals surface area contributed by atoms with E-state index in [2.05, 4.69) is 46.0 Å². The summed E-state index contributed by atoms with van der Waals surface area (Å²) in [4.78, 5) is 27.0. The van der Waals surface area contributed by atoms with Gasteiger partial charge in [0, 0.05) is 23.0 Å². The average molecular weight is 377 g/mol. The molecule has 5 nitrogen and oxygen atoms in total. The Bertz CT molecular complexity index is 1000. The Morgan fingerprint density at radius 1 is 1.36 bits per heavy atom. The predicted octanol–water partition coefficient (Wildman–Crippen LogP) is 3.29. The highest BCUT2D eigenvalue weighted by atomic mass is 16.2. The van der Waals surface area contributed by atoms with Gasteiger partial charge in [-0.25, -0.2) is 0 Å². The van der Waals surface area contributed by atoms with Gasteiger partial charge in [-0.15, -0.1) is 0 Å². The number of para-hydroxylation sites is 1. The first-order chi connectivity index (χ1) is 13.6. The first kappa shape index (κ1) is 17.7. The molecule has 5 rings (SSSR count). The third kappa shape index (κ3) is 2.29. The zero-order valence-electron chi connectivity index (χ0n) is 16.6. The Labute approximate surface area is 165 Å². The fraction of sp³-hybridized carbons (Fsp3) is 0.478. The maximum Gasteiger partial charge on any atom is 0.268 e. The number of hydrogen-bond acceptors (Lipinski definition) is 3. The van der Waals surface area contributed by atoms with Gasteiger partial charge in [0.2, 0.25) is 0 Å². The Morgan fingerprint density at radius 2 is 2.18 bits per heavy atom. The van der Waals surface area contributed by atoms with Crippen molar-refractivity contribution in [3.05, 3.63) is 41.6 Å². The number of nitrogens with one attached hydrogen (secondary N) is 1. The minimum absolute atomic E-state index is 0.0190. The molecule has 0 aliphatic carbocycles. The fourth-order valence-electron chi connectivity index (χ4n) is 5.76. The van der Waals surface area contributed by atoms with E-state index in [4.69, 9.17) is 0 Å². The number of fused-ring (bicyclic) bond motifs is 3. The molecule has 2 aromatic rings. The van der Waals surface area contributed by atoms with Crippen LogP contribution in [0.4, 0.5) is 0 Å². The number of aldehydes is 1. The van der Waals surface area contributed by atoms with E-state index < -0.39 is 6.04 Å². The van der Waals surface area contributed by atoms with Gasteiger partial charge in [-0.05, 0) is 56.9 Å². The molecule has 0 spiro atoms. The molecular weight excluding hydrogens is 350 g/mol. The number of aromatic nitrogens is 1. The van der Waals surface area contributed by atoms with Crippen LogP contribution in [0.1, 0.15) is 50.4 Å². The summed E-state index contributed by atoms with van der Waals surface area (Å²) in [6, 6.07) is 8.27. The molecule has 4 heterocycles. The van der Waals surface area contributed by atoms with Gasteiger partial charge in [0.1, 0.15) is 12.0 Å². The van der Waals surface area contributed by atoms with Gasteiger partial charge in [-0.2, -0.15) is 0 Å². The van der Waals surface area contributed by atoms with Crippen molar-refractivity contribution in [2.45, 2.75) is 51.6 Å². The van der Waals surface area contributed by atoms with Gasteiger partial charge in [-0.3, -0.25) is 9.69 Å². The lowest BCUT2D eigenvalue weighted by Gasteiger charge is -2.53. The number of carbonyl (C=O) groups is 2. The van der Waals surface area contributed by atoms with Crippen molar-refractivity contribution in [1.82, 2.24) is 14.8 Å². The normalized spacial score (nSPS) is 27.1. The van der Waals surface area contributed by atoms with Crippen LogP contribution < -0.4 is 5.32 Å². The first-order valence-corrected chi connectivity index (χ1v) is 10.5. The predicted molar refractivity (Wildman–Crippen MR) is 110 cm³/mol. The molecule has 0 bridgehead atoms. The van der Waals surface area contributed by atoms with Gasteiger partial charge >= 0.3 is 0 Å². The van der Waals surface area contributed by atoms with Crippen molar-refractivity contribution < 1.29 is 9.59 Å². The Kier molecular flexibility index (Phi) is 3.98. The van der Waals surface area contributed by atoms with E-state index in [1.165, 1.54) is 16.6 Å². The van der Waals surface area contributed by atoms with E-state index >= 15 is 0 Å². The maximum atomic E-state index is 13.2. The van der Waals surface area contributed by atoms with Gasteiger partial charge in [0.15, 0.2) is 0 Å². The number of rotatable bonds is 4. The summed E-state index contributed by atoms with van der Waals surface area (Å²) < 4.78 is 2.19. The average Bonchev–Trinajstić information content (AvgIpc) is 3.07. The molecule has 5 heteroatoms. The van der Waals surface area contributed by atoms with Crippen LogP contribution in [0.5, 0.6) is 0 Å². The molecule has 0 unspecified atom stereocenters. The molecule has 3 aliphatic rings. The Morgan fingerprint density at radius 3 is 2.96 bits per heavy atom. The van der Waals surface area contributed by atoms with Crippen molar-refractivity contribution >= 4 is 28.8 Å². The van der Waals surface area contributed by atoms with E-state index in [0.717, 1.165) is 50.6 Å². The van der Waals surface area contributed by atoms with Crippen molar-refractivity contribution in [2.24, 2.45) is 5.41 Å². The summed E-state index contributed by atoms with van der Waals surface area (Å²) >= 11 is 0. The highest BCUT2D eigenvalue weighted by Crippen LogP contribution is 2.56. The van der Waals surface area contributed by atoms with Crippen LogP contribution in [-0.2, 0) is 16.0 Å². The van der Waals surface area contributed by atoms with Crippen LogP contribution in [0.3, 0.4) is 0 Å². The van der Waals surface area contributed by atoms with E-state index in [1.54, 1.807) is 6.92 Å². The maximum absolute atomic E-state index is 13.2. The summed E-state index contributed by atoms with van der Waals surface area (Å²) in [7, 11) is 0. The van der Waals surface area contributed by atoms with Crippen molar-refractivity contribution in [2.75, 3.05) is 13.1 Å². The third-order valence-corrected chi connectivity index (χ3v) is 7.04. The SMILES string of the molecule is CC[C@@]12C=C(C(=O)N[C@@H](C)C=O)n3c4c(c5ccccc53)CCN(CCC1)[C@H]42. The first-order valence-electron chi connectivity index (χ1n) is 10.5. The number of benzene rings is 1. The number of nitrogens with zero attached hydrogens (tertiary/aromatic N) is 2. The highest BCUT2D eigenvalue weighted by Gasteiger charge is 2.50. The van der Waals surface area contributed by atoms with Crippen LogP contribution >= 0.6 is 0 Å². The molecule has 1 aromatic heterocycles. The van der Waals surface area contributed by atoms with Crippen molar-refractivity contribution in [3.8, 4) is 0 Å². The lowest BCUT2D eigenvalue weighted by Crippen LogP contribution is -2.51. The molecule has 3 atom stereocenters. The van der Waals surface area contributed by atoms with Crippen molar-refractivity contribution in [1.29, 1.82) is 0 Å². The quantitative estimate of drug-likeness (QED) is 0.832. The molecule has 1 fully saturated rings. The summed E-state index contributed by atoms with van der Waals surface area (Å²) in [6.07, 6.45) is 7.31. The van der Waals surface area contributed by atoms with Gasteiger partial charge in [-0.1, -0.05) is 25.1 Å². The number of piperidine rings is 1. The molecule has 146 valence electrons. The van der Waals surface area contributed by atoms with E-state index in [9.17, 15) is 9.59 Å². The second-order valence-corrected chi connectivity index (χ2v) is 8.52. The molecule has 0 radical (unpaired) electrons. The molecule has 1 saturated heterocycles. The number of hydrogen-bond donors (Lipinski definition) is 1. The molecule has 0 saturated carbocycles. The topological polar surface area (TPSA) is 54.3 Å². The summed E-state index contributed by atoms with van der Waals surface area (Å²) in [6.45, 7) is 6.18. The van der Waals surface area contributed by atoms with Gasteiger partial charge in [0.05, 0.1) is 17.6 Å². The molecule has 1 N–H and O–H groups in total. The van der Waals surface area contributed by atoms with Crippen LogP contribution in [0.2, 0.25) is 0 Å². The Hall–Kier alpha value is -2.40. The molecule has 1 amide bonds. The van der Waals surface area contributed by atoms with Crippen LogP contribution in [0, 0.1) is 5.41 Å². The Balaban J connectivity index is 1.79. The summed E-state index contributed by atoms with van der Waals surface area (Å²) in [5, 5.41) is 4.13. The number of carbonyl (C=O) groups excluding carboxylic acids is 2. The summed E-state index contributed by atoms with van der Waals surface area (Å²) in [5.41, 5.74) is 4.48. The standard InChI is InChI=1S/C23H27N3O2/c1-3-23-10-6-11-25-12-9-17-16-7-4-5-8-18(16)26(20(17)21(23)25)19(13-23)22(28)24-15(2)14-27/h4-5,7-8,13-15,21H,3,6,9-12H2,1-2H3,(H,24,28)/t15-,21+,23-/m0/s1. The van der Waals surface area contributed by atoms with E-state index in [0.29, 0.717) is 11.7 Å². The highest BCUT2D eigenvalue weighted by molar-refractivity contribution is 6.17. The minimum Gasteiger partial charge on any atom is -0.342 e. The smallest absolute Gasteiger partial charge is 0.268 e. The zero-order chi connectivity index (χ0) is 19.5. The van der Waals surface area contributed by atoms with E-state index in [-0.39, 0.29) is 11.3 Å². The van der Waals surface area contributed by atoms with Crippen molar-refractivity contribution in [3.63, 3.8) is 0 Å². The monoisotopic (exact) mass is 377 g/mol. The molecule has 3 aliphatic heterocycles. The minimum atomic E-state index is -0.496. The zero-order valence-corrected chi connectivity index (χ0v) is 16.6. The second kappa shape index (κ2) is 6.31. The number of amides is 1. The lowest BCUT2D eigenvalue weighted by atomic mass is 9.66. The van der Waals surface area contributed by atoms with E-state index in [1.807, 2.05) is 6.07 Å². The van der Waals surface area contributed by atoms with Crippen LogP contribution in [0.15, 0.2) is 30.3 Å². The summed E-state index contributed by atoms with van der Waals surface area (Å²) in [5.74, 6) is -0.155. The third-order valence-electron chi connectivity index (χ3n) is 7.04. The van der Waals surface area contributed by atoms with Crippen LogP contribution in [0.25, 0.3) is 16.6 Å². The fourth-order valence-corrected chi connectivity index (χ4v) is 5.76. The molecule has 1 aromatic carbocycles. The van der Waals surface area contributed by atoms with Crippen LogP contribution in [-0.4, -0.2) is 40.8 Å². The van der Waals surface area contributed by atoms with Gasteiger partial charge < -0.3 is 14.7 Å². The second-order valence-electron chi connectivity index (χ2n) is 8.52. The lowest BCUT2D eigenvalue weighted by molar-refractivity contribution is -0.119. The molecular formula is C23H27N3O2. The largest absolute Gasteiger partial charge is 0.342 e.